The first-order valence-corrected chi connectivity index (χ1v) is 8.32. The SMILES string of the molecule is CSCC(C)C(=O)Nc1ccc(S(N)(=O)=O)cc1F. The number of thioether (sulfide) groups is 1. The number of amides is 1. The van der Waals surface area contributed by atoms with Crippen LogP contribution in [0.4, 0.5) is 10.1 Å². The number of primary sulfonamides is 1. The minimum absolute atomic E-state index is 0.0645. The highest BCUT2D eigenvalue weighted by molar-refractivity contribution is 7.98. The third-order valence-electron chi connectivity index (χ3n) is 2.39. The Bertz CT molecular complexity index is 575. The first kappa shape index (κ1) is 15.9. The zero-order valence-electron chi connectivity index (χ0n) is 10.5. The second kappa shape index (κ2) is 6.36. The van der Waals surface area contributed by atoms with Crippen molar-refractivity contribution in [2.24, 2.45) is 11.1 Å². The molecule has 0 aliphatic heterocycles. The third-order valence-corrected chi connectivity index (χ3v) is 4.14. The molecule has 1 amide bonds. The molecular weight excluding hydrogens is 291 g/mol. The summed E-state index contributed by atoms with van der Waals surface area (Å²) in [5.41, 5.74) is -0.0645. The Balaban J connectivity index is 2.90. The summed E-state index contributed by atoms with van der Waals surface area (Å²) in [6, 6.07) is 3.11. The number of hydrogen-bond donors (Lipinski definition) is 2. The Morgan fingerprint density at radius 3 is 2.63 bits per heavy atom. The summed E-state index contributed by atoms with van der Waals surface area (Å²) in [6.45, 7) is 1.72. The van der Waals surface area contributed by atoms with Crippen molar-refractivity contribution in [2.75, 3.05) is 17.3 Å². The maximum atomic E-state index is 13.7. The van der Waals surface area contributed by atoms with E-state index < -0.39 is 15.8 Å². The molecule has 0 fully saturated rings. The van der Waals surface area contributed by atoms with Crippen LogP contribution in [0.25, 0.3) is 0 Å². The molecule has 1 aromatic rings. The zero-order valence-corrected chi connectivity index (χ0v) is 12.1. The van der Waals surface area contributed by atoms with Crippen LogP contribution in [0.2, 0.25) is 0 Å². The summed E-state index contributed by atoms with van der Waals surface area (Å²) in [5.74, 6) is -0.817. The van der Waals surface area contributed by atoms with Crippen molar-refractivity contribution >= 4 is 33.4 Å². The molecule has 1 unspecified atom stereocenters. The van der Waals surface area contributed by atoms with Crippen molar-refractivity contribution in [3.05, 3.63) is 24.0 Å². The predicted molar refractivity (Wildman–Crippen MR) is 73.9 cm³/mol. The van der Waals surface area contributed by atoms with Crippen molar-refractivity contribution in [1.82, 2.24) is 0 Å². The quantitative estimate of drug-likeness (QED) is 0.860. The topological polar surface area (TPSA) is 89.3 Å². The number of benzene rings is 1. The van der Waals surface area contributed by atoms with Gasteiger partial charge in [0.25, 0.3) is 0 Å². The van der Waals surface area contributed by atoms with Gasteiger partial charge in [-0.2, -0.15) is 11.8 Å². The first-order chi connectivity index (χ1) is 8.75. The van der Waals surface area contributed by atoms with E-state index in [1.54, 1.807) is 6.92 Å². The molecule has 3 N–H and O–H groups in total. The van der Waals surface area contributed by atoms with Gasteiger partial charge in [-0.15, -0.1) is 0 Å². The van der Waals surface area contributed by atoms with Gasteiger partial charge in [0, 0.05) is 11.7 Å². The van der Waals surface area contributed by atoms with Gasteiger partial charge in [-0.05, 0) is 24.5 Å². The Labute approximate surface area is 115 Å². The van der Waals surface area contributed by atoms with Crippen LogP contribution >= 0.6 is 11.8 Å². The molecule has 0 spiro atoms. The fourth-order valence-corrected chi connectivity index (χ4v) is 2.53. The van der Waals surface area contributed by atoms with E-state index >= 15 is 0 Å². The van der Waals surface area contributed by atoms with Crippen LogP contribution in [-0.4, -0.2) is 26.3 Å². The zero-order chi connectivity index (χ0) is 14.6. The van der Waals surface area contributed by atoms with Crippen LogP contribution in [0.1, 0.15) is 6.92 Å². The molecule has 0 bridgehead atoms. The predicted octanol–water partition coefficient (Wildman–Crippen LogP) is 1.41. The van der Waals surface area contributed by atoms with Gasteiger partial charge in [-0.1, -0.05) is 6.92 Å². The normalized spacial score (nSPS) is 13.1. The largest absolute Gasteiger partial charge is 0.323 e. The maximum Gasteiger partial charge on any atom is 0.238 e. The van der Waals surface area contributed by atoms with Gasteiger partial charge in [-0.3, -0.25) is 4.79 Å². The van der Waals surface area contributed by atoms with E-state index in [1.807, 2.05) is 6.26 Å². The number of nitrogens with one attached hydrogen (secondary N) is 1. The molecule has 19 heavy (non-hydrogen) atoms. The Morgan fingerprint density at radius 2 is 2.16 bits per heavy atom. The monoisotopic (exact) mass is 306 g/mol. The fraction of sp³-hybridized carbons (Fsp3) is 0.364. The maximum absolute atomic E-state index is 13.7. The number of carbonyl (C=O) groups is 1. The number of carbonyl (C=O) groups excluding carboxylic acids is 1. The molecule has 0 radical (unpaired) electrons. The molecule has 106 valence electrons. The van der Waals surface area contributed by atoms with Gasteiger partial charge < -0.3 is 5.32 Å². The summed E-state index contributed by atoms with van der Waals surface area (Å²) in [5, 5.41) is 7.29. The second-order valence-corrected chi connectivity index (χ2v) is 6.50. The van der Waals surface area contributed by atoms with Crippen LogP contribution in [-0.2, 0) is 14.8 Å². The van der Waals surface area contributed by atoms with E-state index in [-0.39, 0.29) is 22.4 Å². The van der Waals surface area contributed by atoms with Crippen LogP contribution < -0.4 is 10.5 Å². The van der Waals surface area contributed by atoms with Crippen molar-refractivity contribution in [1.29, 1.82) is 0 Å². The molecule has 1 atom stereocenters. The van der Waals surface area contributed by atoms with Gasteiger partial charge in [0.05, 0.1) is 10.6 Å². The van der Waals surface area contributed by atoms with Crippen LogP contribution in [0, 0.1) is 11.7 Å². The molecule has 5 nitrogen and oxygen atoms in total. The molecule has 1 rings (SSSR count). The number of anilines is 1. The molecule has 0 aliphatic rings. The molecule has 8 heteroatoms. The summed E-state index contributed by atoms with van der Waals surface area (Å²) in [6.07, 6.45) is 1.87. The lowest BCUT2D eigenvalue weighted by Crippen LogP contribution is -2.22. The first-order valence-electron chi connectivity index (χ1n) is 5.38. The lowest BCUT2D eigenvalue weighted by molar-refractivity contribution is -0.118. The number of hydrogen-bond acceptors (Lipinski definition) is 4. The average Bonchev–Trinajstić information content (AvgIpc) is 2.30. The summed E-state index contributed by atoms with van der Waals surface area (Å²) in [4.78, 5) is 11.4. The molecule has 0 saturated carbocycles. The highest BCUT2D eigenvalue weighted by Gasteiger charge is 2.16. The molecule has 0 saturated heterocycles. The molecular formula is C11H15FN2O3S2. The molecule has 0 heterocycles. The minimum atomic E-state index is -3.95. The third kappa shape index (κ3) is 4.48. The van der Waals surface area contributed by atoms with Gasteiger partial charge in [0.15, 0.2) is 0 Å². The van der Waals surface area contributed by atoms with Crippen molar-refractivity contribution < 1.29 is 17.6 Å². The molecule has 0 aliphatic carbocycles. The lowest BCUT2D eigenvalue weighted by Gasteiger charge is -2.11. The van der Waals surface area contributed by atoms with Gasteiger partial charge in [-0.25, -0.2) is 17.9 Å². The highest BCUT2D eigenvalue weighted by Crippen LogP contribution is 2.19. The van der Waals surface area contributed by atoms with E-state index in [4.69, 9.17) is 5.14 Å². The smallest absolute Gasteiger partial charge is 0.238 e. The Hall–Kier alpha value is -1.12. The van der Waals surface area contributed by atoms with Gasteiger partial charge >= 0.3 is 0 Å². The van der Waals surface area contributed by atoms with E-state index in [2.05, 4.69) is 5.32 Å². The minimum Gasteiger partial charge on any atom is -0.323 e. The fourth-order valence-electron chi connectivity index (χ4n) is 1.36. The number of sulfonamides is 1. The Kier molecular flexibility index (Phi) is 5.33. The summed E-state index contributed by atoms with van der Waals surface area (Å²) < 4.78 is 35.7. The highest BCUT2D eigenvalue weighted by atomic mass is 32.2. The van der Waals surface area contributed by atoms with Crippen LogP contribution in [0.5, 0.6) is 0 Å². The van der Waals surface area contributed by atoms with Crippen molar-refractivity contribution in [3.8, 4) is 0 Å². The average molecular weight is 306 g/mol. The molecule has 1 aromatic carbocycles. The number of nitrogens with two attached hydrogens (primary N) is 1. The lowest BCUT2D eigenvalue weighted by atomic mass is 10.2. The van der Waals surface area contributed by atoms with E-state index in [9.17, 15) is 17.6 Å². The van der Waals surface area contributed by atoms with E-state index in [1.165, 1.54) is 17.8 Å². The second-order valence-electron chi connectivity index (χ2n) is 4.03. The summed E-state index contributed by atoms with van der Waals surface area (Å²) >= 11 is 1.51. The van der Waals surface area contributed by atoms with Crippen molar-refractivity contribution in [2.45, 2.75) is 11.8 Å². The standard InChI is InChI=1S/C11H15FN2O3S2/c1-7(6-18-2)11(15)14-10-4-3-8(5-9(10)12)19(13,16)17/h3-5,7H,6H2,1-2H3,(H,14,15)(H2,13,16,17). The van der Waals surface area contributed by atoms with Gasteiger partial charge in [0.2, 0.25) is 15.9 Å². The van der Waals surface area contributed by atoms with Gasteiger partial charge in [0.1, 0.15) is 5.82 Å². The van der Waals surface area contributed by atoms with Crippen LogP contribution in [0.3, 0.4) is 0 Å². The number of halogens is 1. The van der Waals surface area contributed by atoms with E-state index in [0.717, 1.165) is 12.1 Å². The number of rotatable bonds is 5. The van der Waals surface area contributed by atoms with Crippen LogP contribution in [0.15, 0.2) is 23.1 Å². The Morgan fingerprint density at radius 1 is 1.53 bits per heavy atom. The van der Waals surface area contributed by atoms with E-state index in [0.29, 0.717) is 5.75 Å². The molecule has 0 aromatic heterocycles. The van der Waals surface area contributed by atoms with Crippen molar-refractivity contribution in [3.63, 3.8) is 0 Å². The summed E-state index contributed by atoms with van der Waals surface area (Å²) in [7, 11) is -3.95.